The van der Waals surface area contributed by atoms with Crippen LogP contribution in [0.3, 0.4) is 0 Å². The van der Waals surface area contributed by atoms with Gasteiger partial charge in [-0.2, -0.15) is 0 Å². The molecule has 0 spiro atoms. The molecule has 0 saturated heterocycles. The van der Waals surface area contributed by atoms with Crippen LogP contribution in [-0.2, 0) is 0 Å². The lowest BCUT2D eigenvalue weighted by molar-refractivity contribution is -0.384. The van der Waals surface area contributed by atoms with Crippen LogP contribution in [-0.4, -0.2) is 15.8 Å². The molecule has 0 aliphatic carbocycles. The minimum Gasteiger partial charge on any atom is -0.258 e. The third kappa shape index (κ3) is 4.07. The van der Waals surface area contributed by atoms with Crippen LogP contribution in [0.1, 0.15) is 23.5 Å². The van der Waals surface area contributed by atoms with Gasteiger partial charge in [0.1, 0.15) is 0 Å². The number of aliphatic imine (C=N–C) groups is 1. The average molecular weight is 388 g/mol. The average Bonchev–Trinajstić information content (AvgIpc) is 3.14. The van der Waals surface area contributed by atoms with E-state index in [0.29, 0.717) is 22.5 Å². The topological polar surface area (TPSA) is 69.6 Å². The SMILES string of the molecule is O=[N+]([O-])c1ccc2c(c1)[N]C(SCCC(c1ccccc1)c1ccccc1)=N2. The number of fused-ring (bicyclic) bond motifs is 1. The fourth-order valence-corrected chi connectivity index (χ4v) is 4.13. The van der Waals surface area contributed by atoms with E-state index in [2.05, 4.69) is 58.8 Å². The highest BCUT2D eigenvalue weighted by molar-refractivity contribution is 8.13. The predicted molar refractivity (Wildman–Crippen MR) is 114 cm³/mol. The van der Waals surface area contributed by atoms with Crippen LogP contribution in [0.15, 0.2) is 83.9 Å². The van der Waals surface area contributed by atoms with Crippen molar-refractivity contribution in [3.63, 3.8) is 0 Å². The molecule has 0 atom stereocenters. The second-order valence-electron chi connectivity index (χ2n) is 6.45. The predicted octanol–water partition coefficient (Wildman–Crippen LogP) is 5.79. The van der Waals surface area contributed by atoms with Crippen molar-refractivity contribution < 1.29 is 4.92 Å². The molecule has 0 aromatic heterocycles. The number of rotatable bonds is 6. The van der Waals surface area contributed by atoms with Crippen molar-refractivity contribution in [1.82, 2.24) is 5.32 Å². The molecule has 139 valence electrons. The number of hydrogen-bond donors (Lipinski definition) is 0. The lowest BCUT2D eigenvalue weighted by atomic mass is 9.89. The summed E-state index contributed by atoms with van der Waals surface area (Å²) in [7, 11) is 0. The number of hydrogen-bond acceptors (Lipinski definition) is 4. The Bertz CT molecular complexity index is 967. The molecule has 4 rings (SSSR count). The Hall–Kier alpha value is -3.12. The maximum Gasteiger partial charge on any atom is 0.271 e. The largest absolute Gasteiger partial charge is 0.271 e. The molecule has 0 N–H and O–H groups in total. The van der Waals surface area contributed by atoms with Crippen LogP contribution in [0, 0.1) is 10.1 Å². The van der Waals surface area contributed by atoms with Gasteiger partial charge in [-0.3, -0.25) is 10.1 Å². The Balaban J connectivity index is 1.42. The smallest absolute Gasteiger partial charge is 0.258 e. The Labute approximate surface area is 167 Å². The van der Waals surface area contributed by atoms with Gasteiger partial charge in [-0.25, -0.2) is 10.3 Å². The van der Waals surface area contributed by atoms with Crippen LogP contribution >= 0.6 is 11.8 Å². The standard InChI is InChI=1S/C22H18N3O2S/c26-25(27)18-11-12-20-21(15-18)24-22(23-20)28-14-13-19(16-7-3-1-4-8-16)17-9-5-2-6-10-17/h1-12,15,19H,13-14H2. The number of nitro groups is 1. The number of amidine groups is 1. The maximum absolute atomic E-state index is 10.9. The first kappa shape index (κ1) is 18.3. The summed E-state index contributed by atoms with van der Waals surface area (Å²) >= 11 is 1.59. The van der Waals surface area contributed by atoms with Crippen molar-refractivity contribution in [3.8, 4) is 0 Å². The van der Waals surface area contributed by atoms with Gasteiger partial charge in [0.25, 0.3) is 5.69 Å². The van der Waals surface area contributed by atoms with Crippen molar-refractivity contribution in [2.24, 2.45) is 4.99 Å². The molecule has 3 aromatic carbocycles. The third-order valence-corrected chi connectivity index (χ3v) is 5.52. The molecule has 6 heteroatoms. The summed E-state index contributed by atoms with van der Waals surface area (Å²) in [5.74, 6) is 1.16. The van der Waals surface area contributed by atoms with Gasteiger partial charge in [0.05, 0.1) is 16.3 Å². The fourth-order valence-electron chi connectivity index (χ4n) is 3.27. The molecule has 1 heterocycles. The van der Waals surface area contributed by atoms with Crippen LogP contribution in [0.25, 0.3) is 0 Å². The van der Waals surface area contributed by atoms with E-state index in [9.17, 15) is 10.1 Å². The maximum atomic E-state index is 10.9. The van der Waals surface area contributed by atoms with Gasteiger partial charge in [-0.1, -0.05) is 72.4 Å². The number of benzene rings is 3. The summed E-state index contributed by atoms with van der Waals surface area (Å²) in [5.41, 5.74) is 3.88. The molecule has 1 aliphatic rings. The van der Waals surface area contributed by atoms with Crippen molar-refractivity contribution in [2.75, 3.05) is 5.75 Å². The van der Waals surface area contributed by atoms with E-state index < -0.39 is 4.92 Å². The first-order valence-corrected chi connectivity index (χ1v) is 10.0. The van der Waals surface area contributed by atoms with E-state index in [1.165, 1.54) is 23.3 Å². The Morgan fingerprint density at radius 1 is 0.893 bits per heavy atom. The van der Waals surface area contributed by atoms with Gasteiger partial charge in [-0.15, -0.1) is 0 Å². The van der Waals surface area contributed by atoms with Crippen LogP contribution in [0.4, 0.5) is 17.1 Å². The van der Waals surface area contributed by atoms with Crippen LogP contribution in [0.5, 0.6) is 0 Å². The van der Waals surface area contributed by atoms with E-state index >= 15 is 0 Å². The number of nitro benzene ring substituents is 1. The zero-order valence-electron chi connectivity index (χ0n) is 15.1. The molecule has 5 nitrogen and oxygen atoms in total. The molecule has 1 aliphatic heterocycles. The normalized spacial score (nSPS) is 12.4. The van der Waals surface area contributed by atoms with Gasteiger partial charge in [0.15, 0.2) is 5.17 Å². The summed E-state index contributed by atoms with van der Waals surface area (Å²) in [6.07, 6.45) is 0.948. The first-order valence-electron chi connectivity index (χ1n) is 9.02. The van der Waals surface area contributed by atoms with Gasteiger partial charge in [0.2, 0.25) is 0 Å². The van der Waals surface area contributed by atoms with E-state index in [1.54, 1.807) is 17.8 Å². The van der Waals surface area contributed by atoms with E-state index in [0.717, 1.165) is 12.2 Å². The van der Waals surface area contributed by atoms with Crippen molar-refractivity contribution in [1.29, 1.82) is 0 Å². The van der Waals surface area contributed by atoms with Gasteiger partial charge in [-0.05, 0) is 23.6 Å². The van der Waals surface area contributed by atoms with Gasteiger partial charge in [0, 0.05) is 23.8 Å². The molecule has 1 radical (unpaired) electrons. The molecule has 0 saturated carbocycles. The molecule has 28 heavy (non-hydrogen) atoms. The van der Waals surface area contributed by atoms with Gasteiger partial charge >= 0.3 is 0 Å². The second kappa shape index (κ2) is 8.27. The zero-order valence-corrected chi connectivity index (χ0v) is 15.9. The number of non-ortho nitro benzene ring substituents is 1. The summed E-state index contributed by atoms with van der Waals surface area (Å²) in [5, 5.41) is 16.0. The third-order valence-electron chi connectivity index (χ3n) is 4.64. The quantitative estimate of drug-likeness (QED) is 0.396. The first-order chi connectivity index (χ1) is 13.7. The summed E-state index contributed by atoms with van der Waals surface area (Å²) < 4.78 is 0. The monoisotopic (exact) mass is 388 g/mol. The Morgan fingerprint density at radius 3 is 2.14 bits per heavy atom. The summed E-state index contributed by atoms with van der Waals surface area (Å²) in [6.45, 7) is 0. The zero-order chi connectivity index (χ0) is 19.3. The summed E-state index contributed by atoms with van der Waals surface area (Å²) in [6, 6.07) is 25.6. The molecular formula is C22H18N3O2S. The number of thioether (sulfide) groups is 1. The van der Waals surface area contributed by atoms with E-state index in [-0.39, 0.29) is 5.69 Å². The van der Waals surface area contributed by atoms with Crippen LogP contribution < -0.4 is 5.32 Å². The van der Waals surface area contributed by atoms with Crippen molar-refractivity contribution in [2.45, 2.75) is 12.3 Å². The van der Waals surface area contributed by atoms with Gasteiger partial charge < -0.3 is 0 Å². The van der Waals surface area contributed by atoms with Crippen molar-refractivity contribution >= 4 is 34.0 Å². The Kier molecular flexibility index (Phi) is 5.39. The van der Waals surface area contributed by atoms with Crippen molar-refractivity contribution in [3.05, 3.63) is 100 Å². The fraction of sp³-hybridized carbons (Fsp3) is 0.136. The van der Waals surface area contributed by atoms with Crippen LogP contribution in [0.2, 0.25) is 0 Å². The molecule has 0 unspecified atom stereocenters. The summed E-state index contributed by atoms with van der Waals surface area (Å²) in [4.78, 5) is 15.0. The second-order valence-corrected chi connectivity index (χ2v) is 7.51. The molecule has 0 fully saturated rings. The molecule has 3 aromatic rings. The molecule has 0 bridgehead atoms. The van der Waals surface area contributed by atoms with E-state index in [1.807, 2.05) is 12.1 Å². The lowest BCUT2D eigenvalue weighted by Crippen LogP contribution is -2.06. The highest BCUT2D eigenvalue weighted by atomic mass is 32.2. The lowest BCUT2D eigenvalue weighted by Gasteiger charge is -2.17. The number of nitrogens with zero attached hydrogens (tertiary/aromatic N) is 3. The highest BCUT2D eigenvalue weighted by Gasteiger charge is 2.21. The minimum absolute atomic E-state index is 0.0390. The van der Waals surface area contributed by atoms with E-state index in [4.69, 9.17) is 0 Å². The molecular weight excluding hydrogens is 370 g/mol. The highest BCUT2D eigenvalue weighted by Crippen LogP contribution is 2.36. The Morgan fingerprint density at radius 2 is 1.54 bits per heavy atom. The molecule has 0 amide bonds. The minimum atomic E-state index is -0.411.